The lowest BCUT2D eigenvalue weighted by atomic mass is 10.1. The van der Waals surface area contributed by atoms with E-state index in [2.05, 4.69) is 21.5 Å². The third kappa shape index (κ3) is 3.66. The van der Waals surface area contributed by atoms with E-state index in [1.54, 1.807) is 28.3 Å². The molecule has 0 bridgehead atoms. The summed E-state index contributed by atoms with van der Waals surface area (Å²) in [6.45, 7) is 3.77. The molecule has 0 atom stereocenters. The number of hydrogen-bond donors (Lipinski definition) is 1. The molecule has 1 N–H and O–H groups in total. The van der Waals surface area contributed by atoms with E-state index in [-0.39, 0.29) is 12.5 Å². The number of thiophene rings is 2. The van der Waals surface area contributed by atoms with Gasteiger partial charge in [0.05, 0.1) is 23.8 Å². The number of rotatable bonds is 5. The SMILES string of the molecule is COC(=O)c1cc(C)sc1NC(=O)Cn1nc(C)c2c(-c3cccs3)ccnc21. The number of anilines is 1. The molecule has 0 fully saturated rings. The second-order valence-corrected chi connectivity index (χ2v) is 8.62. The first kappa shape index (κ1) is 19.3. The van der Waals surface area contributed by atoms with Gasteiger partial charge in [0.25, 0.3) is 0 Å². The standard InChI is InChI=1S/C20H18N4O3S2/c1-11-9-14(20(26)27-3)19(29-11)22-16(25)10-24-18-17(12(2)23-24)13(6-7-21-18)15-5-4-8-28-15/h4-9H,10H2,1-3H3,(H,22,25). The van der Waals surface area contributed by atoms with Crippen LogP contribution in [0.2, 0.25) is 0 Å². The summed E-state index contributed by atoms with van der Waals surface area (Å²) in [5.41, 5.74) is 2.87. The Labute approximate surface area is 175 Å². The minimum Gasteiger partial charge on any atom is -0.465 e. The average Bonchev–Trinajstić information content (AvgIpc) is 3.42. The predicted molar refractivity (Wildman–Crippen MR) is 115 cm³/mol. The highest BCUT2D eigenvalue weighted by molar-refractivity contribution is 7.16. The van der Waals surface area contributed by atoms with E-state index >= 15 is 0 Å². The number of aryl methyl sites for hydroxylation is 2. The van der Waals surface area contributed by atoms with E-state index in [1.165, 1.54) is 18.4 Å². The number of fused-ring (bicyclic) bond motifs is 1. The van der Waals surface area contributed by atoms with Crippen molar-refractivity contribution in [2.75, 3.05) is 12.4 Å². The van der Waals surface area contributed by atoms with Gasteiger partial charge >= 0.3 is 5.97 Å². The van der Waals surface area contributed by atoms with Crippen molar-refractivity contribution < 1.29 is 14.3 Å². The molecule has 7 nitrogen and oxygen atoms in total. The van der Waals surface area contributed by atoms with Crippen LogP contribution >= 0.6 is 22.7 Å². The quantitative estimate of drug-likeness (QED) is 0.482. The number of amides is 1. The van der Waals surface area contributed by atoms with Crippen molar-refractivity contribution in [1.82, 2.24) is 14.8 Å². The molecule has 4 rings (SSSR count). The van der Waals surface area contributed by atoms with Crippen molar-refractivity contribution in [3.63, 3.8) is 0 Å². The summed E-state index contributed by atoms with van der Waals surface area (Å²) >= 11 is 2.98. The van der Waals surface area contributed by atoms with E-state index < -0.39 is 5.97 Å². The molecule has 0 aliphatic carbocycles. The Morgan fingerprint density at radius 3 is 2.83 bits per heavy atom. The minimum atomic E-state index is -0.479. The molecule has 0 spiro atoms. The lowest BCUT2D eigenvalue weighted by Crippen LogP contribution is -2.20. The second-order valence-electron chi connectivity index (χ2n) is 6.42. The number of nitrogens with zero attached hydrogens (tertiary/aromatic N) is 3. The maximum Gasteiger partial charge on any atom is 0.340 e. The molecular formula is C20H18N4O3S2. The fourth-order valence-corrected chi connectivity index (χ4v) is 4.87. The van der Waals surface area contributed by atoms with Crippen molar-refractivity contribution >= 4 is 50.6 Å². The van der Waals surface area contributed by atoms with E-state index in [4.69, 9.17) is 4.74 Å². The Hall–Kier alpha value is -3.04. The van der Waals surface area contributed by atoms with Gasteiger partial charge in [-0.1, -0.05) is 6.07 Å². The number of carbonyl (C=O) groups excluding carboxylic acids is 2. The largest absolute Gasteiger partial charge is 0.465 e. The van der Waals surface area contributed by atoms with Gasteiger partial charge in [0, 0.05) is 21.5 Å². The molecule has 0 aromatic carbocycles. The summed E-state index contributed by atoms with van der Waals surface area (Å²) in [5.74, 6) is -0.767. The van der Waals surface area contributed by atoms with E-state index in [0.717, 1.165) is 26.4 Å². The summed E-state index contributed by atoms with van der Waals surface area (Å²) in [6, 6.07) is 7.72. The first-order valence-electron chi connectivity index (χ1n) is 8.82. The van der Waals surface area contributed by atoms with Crippen LogP contribution in [0.4, 0.5) is 5.00 Å². The zero-order valence-electron chi connectivity index (χ0n) is 16.1. The number of nitrogens with one attached hydrogen (secondary N) is 1. The molecule has 0 aliphatic heterocycles. The lowest BCUT2D eigenvalue weighted by Gasteiger charge is -2.06. The number of aromatic nitrogens is 3. The molecule has 4 aromatic heterocycles. The van der Waals surface area contributed by atoms with Crippen molar-refractivity contribution in [3.8, 4) is 10.4 Å². The van der Waals surface area contributed by atoms with Crippen molar-refractivity contribution in [1.29, 1.82) is 0 Å². The summed E-state index contributed by atoms with van der Waals surface area (Å²) in [7, 11) is 1.32. The highest BCUT2D eigenvalue weighted by atomic mass is 32.1. The molecule has 148 valence electrons. The normalized spacial score (nSPS) is 11.0. The van der Waals surface area contributed by atoms with Crippen LogP contribution in [0, 0.1) is 13.8 Å². The number of hydrogen-bond acceptors (Lipinski definition) is 7. The molecule has 0 saturated carbocycles. The highest BCUT2D eigenvalue weighted by Crippen LogP contribution is 2.33. The van der Waals surface area contributed by atoms with Gasteiger partial charge in [0.1, 0.15) is 11.5 Å². The van der Waals surface area contributed by atoms with Crippen LogP contribution in [0.25, 0.3) is 21.5 Å². The van der Waals surface area contributed by atoms with E-state index in [9.17, 15) is 9.59 Å². The molecule has 4 heterocycles. The van der Waals surface area contributed by atoms with Crippen LogP contribution in [-0.4, -0.2) is 33.8 Å². The fraction of sp³-hybridized carbons (Fsp3) is 0.200. The molecule has 29 heavy (non-hydrogen) atoms. The first-order valence-corrected chi connectivity index (χ1v) is 10.5. The van der Waals surface area contributed by atoms with E-state index in [1.807, 2.05) is 31.4 Å². The smallest absolute Gasteiger partial charge is 0.340 e. The Kier molecular flexibility index (Phi) is 5.16. The highest BCUT2D eigenvalue weighted by Gasteiger charge is 2.20. The number of ether oxygens (including phenoxy) is 1. The van der Waals surface area contributed by atoms with Crippen LogP contribution in [0.15, 0.2) is 35.8 Å². The third-order valence-corrected chi connectivity index (χ3v) is 6.27. The summed E-state index contributed by atoms with van der Waals surface area (Å²) in [6.07, 6.45) is 1.73. The Morgan fingerprint density at radius 2 is 2.10 bits per heavy atom. The zero-order chi connectivity index (χ0) is 20.5. The molecule has 9 heteroatoms. The topological polar surface area (TPSA) is 86.1 Å². The molecular weight excluding hydrogens is 408 g/mol. The van der Waals surface area contributed by atoms with Crippen LogP contribution in [0.3, 0.4) is 0 Å². The molecule has 0 unspecified atom stereocenters. The number of carbonyl (C=O) groups is 2. The minimum absolute atomic E-state index is 0.0111. The van der Waals surface area contributed by atoms with Gasteiger partial charge < -0.3 is 10.1 Å². The van der Waals surface area contributed by atoms with Crippen LogP contribution in [0.1, 0.15) is 20.9 Å². The summed E-state index contributed by atoms with van der Waals surface area (Å²) < 4.78 is 6.38. The maximum absolute atomic E-state index is 12.7. The molecule has 4 aromatic rings. The van der Waals surface area contributed by atoms with Gasteiger partial charge in [0.2, 0.25) is 5.91 Å². The third-order valence-electron chi connectivity index (χ3n) is 4.40. The van der Waals surface area contributed by atoms with Gasteiger partial charge in [-0.05, 0) is 37.4 Å². The maximum atomic E-state index is 12.7. The molecule has 0 aliphatic rings. The van der Waals surface area contributed by atoms with Crippen molar-refractivity contribution in [2.45, 2.75) is 20.4 Å². The summed E-state index contributed by atoms with van der Waals surface area (Å²) in [4.78, 5) is 31.1. The Morgan fingerprint density at radius 1 is 1.28 bits per heavy atom. The van der Waals surface area contributed by atoms with Crippen LogP contribution in [0.5, 0.6) is 0 Å². The van der Waals surface area contributed by atoms with Gasteiger partial charge in [-0.3, -0.25) is 4.79 Å². The monoisotopic (exact) mass is 426 g/mol. The molecule has 0 saturated heterocycles. The second kappa shape index (κ2) is 7.76. The van der Waals surface area contributed by atoms with Gasteiger partial charge in [0.15, 0.2) is 5.65 Å². The number of pyridine rings is 1. The predicted octanol–water partition coefficient (Wildman–Crippen LogP) is 4.26. The molecule has 1 amide bonds. The zero-order valence-corrected chi connectivity index (χ0v) is 17.7. The van der Waals surface area contributed by atoms with Crippen LogP contribution < -0.4 is 5.32 Å². The van der Waals surface area contributed by atoms with Gasteiger partial charge in [-0.2, -0.15) is 5.10 Å². The van der Waals surface area contributed by atoms with E-state index in [0.29, 0.717) is 16.2 Å². The van der Waals surface area contributed by atoms with Crippen LogP contribution in [-0.2, 0) is 16.1 Å². The average molecular weight is 427 g/mol. The number of esters is 1. The Bertz CT molecular complexity index is 1210. The van der Waals surface area contributed by atoms with Gasteiger partial charge in [-0.15, -0.1) is 22.7 Å². The Balaban J connectivity index is 1.63. The molecule has 0 radical (unpaired) electrons. The first-order chi connectivity index (χ1) is 14.0. The van der Waals surface area contributed by atoms with Crippen molar-refractivity contribution in [2.24, 2.45) is 0 Å². The van der Waals surface area contributed by atoms with Gasteiger partial charge in [-0.25, -0.2) is 14.5 Å². The number of methoxy groups -OCH3 is 1. The summed E-state index contributed by atoms with van der Waals surface area (Å²) in [5, 5.41) is 10.8. The fourth-order valence-electron chi connectivity index (χ4n) is 3.20. The van der Waals surface area contributed by atoms with Crippen molar-refractivity contribution in [3.05, 3.63) is 52.0 Å². The lowest BCUT2D eigenvalue weighted by molar-refractivity contribution is -0.116.